The van der Waals surface area contributed by atoms with Gasteiger partial charge in [-0.15, -0.1) is 11.3 Å². The average molecular weight is 420 g/mol. The van der Waals surface area contributed by atoms with Crippen molar-refractivity contribution in [3.05, 3.63) is 16.1 Å². The van der Waals surface area contributed by atoms with Crippen LogP contribution in [0.15, 0.2) is 10.4 Å². The Hall–Kier alpha value is -1.84. The highest BCUT2D eigenvalue weighted by atomic mass is 32.1. The fourth-order valence-electron chi connectivity index (χ4n) is 3.09. The summed E-state index contributed by atoms with van der Waals surface area (Å²) >= 11 is 0.990. The number of carbonyl (C=O) groups excluding carboxylic acids is 1. The fraction of sp³-hybridized carbons (Fsp3) is 0.722. The molecular formula is C18H28F3N5OS. The van der Waals surface area contributed by atoms with Crippen LogP contribution in [0.1, 0.15) is 49.7 Å². The lowest BCUT2D eigenvalue weighted by molar-refractivity contribution is -0.140. The number of rotatable bonds is 9. The van der Waals surface area contributed by atoms with Gasteiger partial charge in [0.2, 0.25) is 5.91 Å². The summed E-state index contributed by atoms with van der Waals surface area (Å²) in [5.74, 6) is 1.18. The van der Waals surface area contributed by atoms with Gasteiger partial charge in [-0.3, -0.25) is 9.79 Å². The second kappa shape index (κ2) is 11.2. The first-order valence-electron chi connectivity index (χ1n) is 9.69. The number of thiazole rings is 1. The van der Waals surface area contributed by atoms with Crippen molar-refractivity contribution in [1.82, 2.24) is 20.9 Å². The summed E-state index contributed by atoms with van der Waals surface area (Å²) in [5.41, 5.74) is -0.852. The number of alkyl halides is 3. The van der Waals surface area contributed by atoms with Crippen molar-refractivity contribution >= 4 is 23.2 Å². The van der Waals surface area contributed by atoms with E-state index in [2.05, 4.69) is 25.9 Å². The molecule has 0 bridgehead atoms. The van der Waals surface area contributed by atoms with Gasteiger partial charge in [-0.05, 0) is 25.7 Å². The number of carbonyl (C=O) groups is 1. The molecule has 6 nitrogen and oxygen atoms in total. The Kier molecular flexibility index (Phi) is 9.01. The van der Waals surface area contributed by atoms with E-state index < -0.39 is 11.9 Å². The molecule has 10 heteroatoms. The molecule has 1 aliphatic carbocycles. The van der Waals surface area contributed by atoms with Gasteiger partial charge >= 0.3 is 6.18 Å². The normalized spacial score (nSPS) is 15.6. The molecule has 0 unspecified atom stereocenters. The molecule has 28 heavy (non-hydrogen) atoms. The van der Waals surface area contributed by atoms with E-state index in [1.165, 1.54) is 12.8 Å². The SMILES string of the molecule is CCNC(=NCCc1nc(C(F)(F)F)cs1)NCCNC(=O)CC1CCCC1. The largest absolute Gasteiger partial charge is 0.434 e. The lowest BCUT2D eigenvalue weighted by Gasteiger charge is -2.13. The fourth-order valence-corrected chi connectivity index (χ4v) is 3.89. The zero-order valence-electron chi connectivity index (χ0n) is 16.1. The first-order chi connectivity index (χ1) is 13.4. The van der Waals surface area contributed by atoms with Gasteiger partial charge < -0.3 is 16.0 Å². The van der Waals surface area contributed by atoms with Crippen LogP contribution in [-0.2, 0) is 17.4 Å². The molecule has 0 aliphatic heterocycles. The van der Waals surface area contributed by atoms with Crippen LogP contribution in [0.3, 0.4) is 0 Å². The molecule has 1 aromatic rings. The molecule has 0 spiro atoms. The van der Waals surface area contributed by atoms with E-state index in [9.17, 15) is 18.0 Å². The molecule has 0 atom stereocenters. The maximum atomic E-state index is 12.6. The summed E-state index contributed by atoms with van der Waals surface area (Å²) in [5, 5.41) is 10.5. The standard InChI is InChI=1S/C18H28F3N5OS/c1-2-22-17(24-8-7-16-26-14(12-28-16)18(19,20)21)25-10-9-23-15(27)11-13-5-3-4-6-13/h12-13H,2-11H2,1H3,(H,23,27)(H2,22,24,25). The van der Waals surface area contributed by atoms with Crippen LogP contribution in [-0.4, -0.2) is 43.0 Å². The molecule has 1 aromatic heterocycles. The second-order valence-corrected chi connectivity index (χ2v) is 7.71. The van der Waals surface area contributed by atoms with Crippen molar-refractivity contribution < 1.29 is 18.0 Å². The summed E-state index contributed by atoms with van der Waals surface area (Å²) in [6, 6.07) is 0. The average Bonchev–Trinajstić information content (AvgIpc) is 3.30. The van der Waals surface area contributed by atoms with Crippen LogP contribution in [0.25, 0.3) is 0 Å². The van der Waals surface area contributed by atoms with Crippen LogP contribution in [0.5, 0.6) is 0 Å². The molecule has 0 aromatic carbocycles. The van der Waals surface area contributed by atoms with E-state index >= 15 is 0 Å². The van der Waals surface area contributed by atoms with E-state index in [1.807, 2.05) is 6.92 Å². The summed E-state index contributed by atoms with van der Waals surface area (Å²) in [7, 11) is 0. The minimum Gasteiger partial charge on any atom is -0.357 e. The molecule has 1 saturated carbocycles. The van der Waals surface area contributed by atoms with Gasteiger partial charge in [-0.2, -0.15) is 13.2 Å². The summed E-state index contributed by atoms with van der Waals surface area (Å²) in [6.07, 6.45) is 1.27. The van der Waals surface area contributed by atoms with E-state index in [0.717, 1.165) is 29.6 Å². The quantitative estimate of drug-likeness (QED) is 0.327. The number of aliphatic imine (C=N–C) groups is 1. The number of hydrogen-bond donors (Lipinski definition) is 3. The van der Waals surface area contributed by atoms with Crippen molar-refractivity contribution in [2.24, 2.45) is 10.9 Å². The monoisotopic (exact) mass is 419 g/mol. The number of nitrogens with zero attached hydrogens (tertiary/aromatic N) is 2. The van der Waals surface area contributed by atoms with Crippen LogP contribution in [0.4, 0.5) is 13.2 Å². The number of guanidine groups is 1. The van der Waals surface area contributed by atoms with Crippen molar-refractivity contribution in [2.75, 3.05) is 26.2 Å². The van der Waals surface area contributed by atoms with Gasteiger partial charge in [0.1, 0.15) is 0 Å². The van der Waals surface area contributed by atoms with Crippen molar-refractivity contribution in [1.29, 1.82) is 0 Å². The Balaban J connectivity index is 1.68. The third kappa shape index (κ3) is 8.04. The molecule has 1 heterocycles. The van der Waals surface area contributed by atoms with Crippen molar-refractivity contribution in [2.45, 2.75) is 51.6 Å². The summed E-state index contributed by atoms with van der Waals surface area (Å²) in [6.45, 7) is 3.94. The van der Waals surface area contributed by atoms with Crippen LogP contribution >= 0.6 is 11.3 Å². The minimum absolute atomic E-state index is 0.0832. The minimum atomic E-state index is -4.41. The molecule has 1 amide bonds. The number of amides is 1. The van der Waals surface area contributed by atoms with E-state index in [-0.39, 0.29) is 5.91 Å². The first-order valence-corrected chi connectivity index (χ1v) is 10.6. The third-order valence-electron chi connectivity index (χ3n) is 4.47. The van der Waals surface area contributed by atoms with Gasteiger partial charge in [0.15, 0.2) is 11.7 Å². The van der Waals surface area contributed by atoms with Crippen molar-refractivity contribution in [3.8, 4) is 0 Å². The lowest BCUT2D eigenvalue weighted by atomic mass is 10.0. The van der Waals surface area contributed by atoms with Gasteiger partial charge in [0.25, 0.3) is 0 Å². The molecule has 1 fully saturated rings. The Bertz CT molecular complexity index is 641. The van der Waals surface area contributed by atoms with Gasteiger partial charge in [-0.1, -0.05) is 12.8 Å². The number of halogens is 3. The van der Waals surface area contributed by atoms with E-state index in [1.54, 1.807) is 0 Å². The number of aromatic nitrogens is 1. The molecule has 0 saturated heterocycles. The van der Waals surface area contributed by atoms with Gasteiger partial charge in [0, 0.05) is 44.4 Å². The highest BCUT2D eigenvalue weighted by molar-refractivity contribution is 7.09. The Morgan fingerprint density at radius 1 is 1.25 bits per heavy atom. The van der Waals surface area contributed by atoms with E-state index in [0.29, 0.717) is 55.9 Å². The lowest BCUT2D eigenvalue weighted by Crippen LogP contribution is -2.41. The highest BCUT2D eigenvalue weighted by Gasteiger charge is 2.33. The van der Waals surface area contributed by atoms with Crippen molar-refractivity contribution in [3.63, 3.8) is 0 Å². The summed E-state index contributed by atoms with van der Waals surface area (Å²) < 4.78 is 37.7. The Morgan fingerprint density at radius 2 is 1.96 bits per heavy atom. The zero-order chi connectivity index (χ0) is 20.4. The van der Waals surface area contributed by atoms with Gasteiger partial charge in [-0.25, -0.2) is 4.98 Å². The predicted molar refractivity (Wildman–Crippen MR) is 104 cm³/mol. The maximum Gasteiger partial charge on any atom is 0.434 e. The molecule has 3 N–H and O–H groups in total. The Morgan fingerprint density at radius 3 is 2.61 bits per heavy atom. The van der Waals surface area contributed by atoms with Gasteiger partial charge in [0.05, 0.1) is 5.01 Å². The predicted octanol–water partition coefficient (Wildman–Crippen LogP) is 2.96. The second-order valence-electron chi connectivity index (χ2n) is 6.77. The van der Waals surface area contributed by atoms with E-state index in [4.69, 9.17) is 0 Å². The number of nitrogens with one attached hydrogen (secondary N) is 3. The number of hydrogen-bond acceptors (Lipinski definition) is 4. The zero-order valence-corrected chi connectivity index (χ0v) is 16.9. The molecule has 158 valence electrons. The third-order valence-corrected chi connectivity index (χ3v) is 5.38. The molecule has 0 radical (unpaired) electrons. The summed E-state index contributed by atoms with van der Waals surface area (Å²) in [4.78, 5) is 19.8. The first kappa shape index (κ1) is 22.4. The highest BCUT2D eigenvalue weighted by Crippen LogP contribution is 2.30. The maximum absolute atomic E-state index is 12.6. The topological polar surface area (TPSA) is 78.4 Å². The van der Waals surface area contributed by atoms with Crippen LogP contribution in [0, 0.1) is 5.92 Å². The molecule has 1 aliphatic rings. The molecule has 2 rings (SSSR count). The molecular weight excluding hydrogens is 391 g/mol. The van der Waals surface area contributed by atoms with Crippen LogP contribution < -0.4 is 16.0 Å². The van der Waals surface area contributed by atoms with Crippen LogP contribution in [0.2, 0.25) is 0 Å². The smallest absolute Gasteiger partial charge is 0.357 e. The Labute approximate surface area is 167 Å².